The van der Waals surface area contributed by atoms with Crippen molar-refractivity contribution in [3.63, 3.8) is 0 Å². The number of benzene rings is 1. The molecule has 1 amide bonds. The number of nitrogens with one attached hydrogen (secondary N) is 1. The summed E-state index contributed by atoms with van der Waals surface area (Å²) in [5, 5.41) is 5.98. The summed E-state index contributed by atoms with van der Waals surface area (Å²) in [4.78, 5) is 26.5. The first-order valence-electron chi connectivity index (χ1n) is 7.71. The van der Waals surface area contributed by atoms with Gasteiger partial charge >= 0.3 is 12.1 Å². The van der Waals surface area contributed by atoms with Gasteiger partial charge in [0.05, 0.1) is 7.11 Å². The Morgan fingerprint density at radius 3 is 2.50 bits per heavy atom. The summed E-state index contributed by atoms with van der Waals surface area (Å²) in [5.41, 5.74) is 9.56. The molecule has 0 heterocycles. The molecule has 1 aromatic rings. The lowest BCUT2D eigenvalue weighted by atomic mass is 10.2. The predicted molar refractivity (Wildman–Crippen MR) is 104 cm³/mol. The molecule has 1 N–H and O–H groups in total. The molecule has 0 fully saturated rings. The molecule has 0 aliphatic carbocycles. The highest BCUT2D eigenvalue weighted by Crippen LogP contribution is 2.35. The van der Waals surface area contributed by atoms with Crippen LogP contribution < -0.4 is 5.32 Å². The van der Waals surface area contributed by atoms with Crippen LogP contribution >= 0.6 is 21.6 Å². The number of azide groups is 1. The average molecular weight is 399 g/mol. The van der Waals surface area contributed by atoms with Gasteiger partial charge in [-0.2, -0.15) is 0 Å². The van der Waals surface area contributed by atoms with Crippen LogP contribution in [-0.4, -0.2) is 35.7 Å². The molecule has 10 heteroatoms. The van der Waals surface area contributed by atoms with E-state index in [4.69, 9.17) is 15.0 Å². The van der Waals surface area contributed by atoms with Gasteiger partial charge in [-0.05, 0) is 11.1 Å². The van der Waals surface area contributed by atoms with E-state index < -0.39 is 18.1 Å². The van der Waals surface area contributed by atoms with Crippen LogP contribution in [-0.2, 0) is 20.9 Å². The molecule has 0 aliphatic rings. The Morgan fingerprint density at radius 2 is 1.96 bits per heavy atom. The van der Waals surface area contributed by atoms with Crippen LogP contribution in [0.4, 0.5) is 10.5 Å². The molecule has 0 unspecified atom stereocenters. The van der Waals surface area contributed by atoms with Crippen molar-refractivity contribution in [1.82, 2.24) is 5.32 Å². The maximum atomic E-state index is 12.0. The molecule has 0 saturated heterocycles. The van der Waals surface area contributed by atoms with Crippen LogP contribution in [0.15, 0.2) is 29.4 Å². The van der Waals surface area contributed by atoms with Crippen LogP contribution in [0.2, 0.25) is 0 Å². The molecule has 0 aliphatic heterocycles. The van der Waals surface area contributed by atoms with Crippen LogP contribution in [0.1, 0.15) is 26.3 Å². The van der Waals surface area contributed by atoms with Crippen LogP contribution in [0.5, 0.6) is 0 Å². The van der Waals surface area contributed by atoms with E-state index in [2.05, 4.69) is 36.1 Å². The maximum absolute atomic E-state index is 12.0. The third kappa shape index (κ3) is 8.89. The Bertz CT molecular complexity index is 655. The molecule has 0 spiro atoms. The molecule has 1 atom stereocenters. The van der Waals surface area contributed by atoms with Gasteiger partial charge in [-0.1, -0.05) is 71.7 Å². The molecule has 1 rings (SSSR count). The Kier molecular flexibility index (Phi) is 9.18. The van der Waals surface area contributed by atoms with E-state index in [0.29, 0.717) is 11.4 Å². The van der Waals surface area contributed by atoms with Gasteiger partial charge < -0.3 is 14.8 Å². The number of hydrogen-bond acceptors (Lipinski definition) is 7. The maximum Gasteiger partial charge on any atom is 0.408 e. The average Bonchev–Trinajstić information content (AvgIpc) is 2.59. The summed E-state index contributed by atoms with van der Waals surface area (Å²) < 4.78 is 9.88. The second-order valence-corrected chi connectivity index (χ2v) is 9.30. The second kappa shape index (κ2) is 10.8. The number of nitrogens with zero attached hydrogens (tertiary/aromatic N) is 3. The number of alkyl carbamates (subject to hydrolysis) is 1. The molecule has 0 bridgehead atoms. The summed E-state index contributed by atoms with van der Waals surface area (Å²) in [7, 11) is 4.37. The van der Waals surface area contributed by atoms with Crippen molar-refractivity contribution in [3.05, 3.63) is 40.3 Å². The number of hydrogen-bond donors (Lipinski definition) is 1. The van der Waals surface area contributed by atoms with Crippen LogP contribution in [0.25, 0.3) is 10.4 Å². The molecule has 142 valence electrons. The number of methoxy groups -OCH3 is 1. The topological polar surface area (TPSA) is 113 Å². The molecule has 0 aromatic heterocycles. The van der Waals surface area contributed by atoms with E-state index in [9.17, 15) is 9.59 Å². The van der Waals surface area contributed by atoms with E-state index in [1.165, 1.54) is 17.9 Å². The Morgan fingerprint density at radius 1 is 1.31 bits per heavy atom. The predicted octanol–water partition coefficient (Wildman–Crippen LogP) is 4.58. The zero-order valence-corrected chi connectivity index (χ0v) is 16.7. The quantitative estimate of drug-likeness (QED) is 0.225. The van der Waals surface area contributed by atoms with E-state index in [1.807, 2.05) is 0 Å². The van der Waals surface area contributed by atoms with Gasteiger partial charge in [0, 0.05) is 21.1 Å². The highest BCUT2D eigenvalue weighted by Gasteiger charge is 2.23. The largest absolute Gasteiger partial charge is 0.467 e. The summed E-state index contributed by atoms with van der Waals surface area (Å²) >= 11 is 0. The fourth-order valence-corrected chi connectivity index (χ4v) is 4.08. The van der Waals surface area contributed by atoms with Crippen LogP contribution in [0.3, 0.4) is 0 Å². The number of carbonyl (C=O) groups excluding carboxylic acids is 2. The summed E-state index contributed by atoms with van der Waals surface area (Å²) in [5.74, 6) is -0.160. The normalized spacial score (nSPS) is 11.8. The summed E-state index contributed by atoms with van der Waals surface area (Å²) in [6.07, 6.45) is -0.708. The first-order chi connectivity index (χ1) is 12.2. The number of rotatable bonds is 8. The smallest absolute Gasteiger partial charge is 0.408 e. The number of carbonyl (C=O) groups is 2. The Labute approximate surface area is 160 Å². The Balaban J connectivity index is 2.52. The third-order valence-corrected chi connectivity index (χ3v) is 6.14. The van der Waals surface area contributed by atoms with Crippen molar-refractivity contribution in [2.75, 3.05) is 12.9 Å². The van der Waals surface area contributed by atoms with E-state index >= 15 is 0 Å². The Hall–Kier alpha value is -2.03. The summed E-state index contributed by atoms with van der Waals surface area (Å²) in [6.45, 7) is 6.21. The lowest BCUT2D eigenvalue weighted by Crippen LogP contribution is -2.43. The van der Waals surface area contributed by atoms with Crippen molar-refractivity contribution in [2.24, 2.45) is 5.11 Å². The minimum atomic E-state index is -0.792. The van der Waals surface area contributed by atoms with Gasteiger partial charge in [0.2, 0.25) is 0 Å². The number of amides is 1. The van der Waals surface area contributed by atoms with Gasteiger partial charge in [-0.15, -0.1) is 0 Å². The molecule has 0 saturated carbocycles. The molecule has 0 radical (unpaired) electrons. The standard InChI is InChI=1S/C16H22N4O4S2/c1-16(2,3)26-25-10-13(14(21)23-4)18-15(22)24-9-11-5-7-12(8-6-11)19-20-17/h5-8,13H,9-10H2,1-4H3,(H,18,22)/t13-/m0/s1. The zero-order valence-electron chi connectivity index (χ0n) is 15.1. The van der Waals surface area contributed by atoms with E-state index in [0.717, 1.165) is 5.56 Å². The lowest BCUT2D eigenvalue weighted by molar-refractivity contribution is -0.142. The van der Waals surface area contributed by atoms with Crippen molar-refractivity contribution >= 4 is 39.3 Å². The van der Waals surface area contributed by atoms with Crippen LogP contribution in [0, 0.1) is 0 Å². The molecular formula is C16H22N4O4S2. The van der Waals surface area contributed by atoms with Gasteiger partial charge in [0.25, 0.3) is 0 Å². The number of ether oxygens (including phenoxy) is 2. The zero-order chi connectivity index (χ0) is 19.6. The minimum Gasteiger partial charge on any atom is -0.467 e. The van der Waals surface area contributed by atoms with Gasteiger partial charge in [-0.25, -0.2) is 9.59 Å². The number of esters is 1. The monoisotopic (exact) mass is 398 g/mol. The first-order valence-corrected chi connectivity index (χ1v) is 10.0. The van der Waals surface area contributed by atoms with Gasteiger partial charge in [0.15, 0.2) is 0 Å². The molecule has 8 nitrogen and oxygen atoms in total. The first kappa shape index (κ1) is 22.0. The highest BCUT2D eigenvalue weighted by molar-refractivity contribution is 8.77. The van der Waals surface area contributed by atoms with Crippen molar-refractivity contribution in [1.29, 1.82) is 0 Å². The molecule has 26 heavy (non-hydrogen) atoms. The fraction of sp³-hybridized carbons (Fsp3) is 0.500. The van der Waals surface area contributed by atoms with Crippen molar-refractivity contribution in [3.8, 4) is 0 Å². The van der Waals surface area contributed by atoms with Gasteiger partial charge in [-0.3, -0.25) is 0 Å². The van der Waals surface area contributed by atoms with Gasteiger partial charge in [0.1, 0.15) is 12.6 Å². The molecular weight excluding hydrogens is 376 g/mol. The van der Waals surface area contributed by atoms with Crippen molar-refractivity contribution < 1.29 is 19.1 Å². The van der Waals surface area contributed by atoms with E-state index in [-0.39, 0.29) is 11.4 Å². The third-order valence-electron chi connectivity index (χ3n) is 2.79. The minimum absolute atomic E-state index is 0.0279. The fourth-order valence-electron chi connectivity index (χ4n) is 1.63. The van der Waals surface area contributed by atoms with E-state index in [1.54, 1.807) is 35.1 Å². The van der Waals surface area contributed by atoms with Crippen molar-refractivity contribution in [2.45, 2.75) is 38.2 Å². The summed E-state index contributed by atoms with van der Waals surface area (Å²) in [6, 6.07) is 5.82. The second-order valence-electron chi connectivity index (χ2n) is 6.13. The SMILES string of the molecule is COC(=O)[C@H](CSSC(C)(C)C)NC(=O)OCc1ccc(N=[N+]=[N-])cc1. The molecule has 1 aromatic carbocycles. The highest BCUT2D eigenvalue weighted by atomic mass is 33.1. The lowest BCUT2D eigenvalue weighted by Gasteiger charge is -2.19.